The zero-order valence-corrected chi connectivity index (χ0v) is 14.2. The van der Waals surface area contributed by atoms with Crippen molar-refractivity contribution in [2.24, 2.45) is 0 Å². The molecule has 1 aromatic carbocycles. The summed E-state index contributed by atoms with van der Waals surface area (Å²) in [7, 11) is -3.80. The molecule has 0 aliphatic heterocycles. The van der Waals surface area contributed by atoms with Crippen molar-refractivity contribution in [2.45, 2.75) is 18.2 Å². The van der Waals surface area contributed by atoms with Gasteiger partial charge in [0, 0.05) is 24.0 Å². The summed E-state index contributed by atoms with van der Waals surface area (Å²) in [5.41, 5.74) is 6.71. The van der Waals surface area contributed by atoms with Gasteiger partial charge in [0.15, 0.2) is 0 Å². The van der Waals surface area contributed by atoms with Crippen molar-refractivity contribution in [3.8, 4) is 0 Å². The molecular formula is C12H13Cl2N3O2S2. The SMILES string of the molecule is Cc1nc(CCNS(=O)(=O)c2c(Cl)cc(N)cc2Cl)cs1. The highest BCUT2D eigenvalue weighted by molar-refractivity contribution is 7.89. The van der Waals surface area contributed by atoms with Gasteiger partial charge in [-0.25, -0.2) is 18.1 Å². The van der Waals surface area contributed by atoms with Gasteiger partial charge in [-0.05, 0) is 19.1 Å². The van der Waals surface area contributed by atoms with Crippen molar-refractivity contribution in [3.63, 3.8) is 0 Å². The van der Waals surface area contributed by atoms with Crippen molar-refractivity contribution in [3.05, 3.63) is 38.3 Å². The number of nitrogens with one attached hydrogen (secondary N) is 1. The first kappa shape index (κ1) is 16.5. The lowest BCUT2D eigenvalue weighted by molar-refractivity contribution is 0.581. The second-order valence-electron chi connectivity index (χ2n) is 4.32. The maximum absolute atomic E-state index is 12.2. The van der Waals surface area contributed by atoms with Crippen LogP contribution in [0.1, 0.15) is 10.7 Å². The van der Waals surface area contributed by atoms with Gasteiger partial charge >= 0.3 is 0 Å². The molecule has 0 radical (unpaired) electrons. The molecule has 2 aromatic rings. The topological polar surface area (TPSA) is 85.1 Å². The van der Waals surface area contributed by atoms with E-state index in [4.69, 9.17) is 28.9 Å². The molecule has 3 N–H and O–H groups in total. The Labute approximate surface area is 137 Å². The van der Waals surface area contributed by atoms with Crippen molar-refractivity contribution in [1.29, 1.82) is 0 Å². The molecule has 1 heterocycles. The van der Waals surface area contributed by atoms with Crippen LogP contribution in [0.25, 0.3) is 0 Å². The molecule has 0 bridgehead atoms. The first-order valence-corrected chi connectivity index (χ1v) is 9.06. The van der Waals surface area contributed by atoms with E-state index >= 15 is 0 Å². The van der Waals surface area contributed by atoms with Gasteiger partial charge in [-0.1, -0.05) is 23.2 Å². The number of nitrogen functional groups attached to an aromatic ring is 1. The highest BCUT2D eigenvalue weighted by Gasteiger charge is 2.22. The average molecular weight is 366 g/mol. The Balaban J connectivity index is 2.12. The maximum atomic E-state index is 12.2. The molecule has 0 unspecified atom stereocenters. The number of thiazole rings is 1. The zero-order valence-electron chi connectivity index (χ0n) is 11.1. The number of benzene rings is 1. The number of hydrogen-bond acceptors (Lipinski definition) is 5. The van der Waals surface area contributed by atoms with E-state index < -0.39 is 10.0 Å². The third kappa shape index (κ3) is 4.08. The highest BCUT2D eigenvalue weighted by atomic mass is 35.5. The van der Waals surface area contributed by atoms with E-state index in [1.807, 2.05) is 12.3 Å². The highest BCUT2D eigenvalue weighted by Crippen LogP contribution is 2.31. The monoisotopic (exact) mass is 365 g/mol. The number of nitrogens with two attached hydrogens (primary N) is 1. The first-order valence-electron chi connectivity index (χ1n) is 5.95. The number of aryl methyl sites for hydroxylation is 1. The summed E-state index contributed by atoms with van der Waals surface area (Å²) < 4.78 is 26.9. The van der Waals surface area contributed by atoms with Crippen molar-refractivity contribution < 1.29 is 8.42 Å². The van der Waals surface area contributed by atoms with Gasteiger partial charge in [0.25, 0.3) is 0 Å². The molecule has 21 heavy (non-hydrogen) atoms. The average Bonchev–Trinajstić information content (AvgIpc) is 2.72. The van der Waals surface area contributed by atoms with E-state index in [0.29, 0.717) is 12.1 Å². The summed E-state index contributed by atoms with van der Waals surface area (Å²) in [6.45, 7) is 2.11. The lowest BCUT2D eigenvalue weighted by atomic mass is 10.3. The van der Waals surface area contributed by atoms with E-state index in [0.717, 1.165) is 10.7 Å². The number of nitrogens with zero attached hydrogens (tertiary/aromatic N) is 1. The first-order chi connectivity index (χ1) is 9.79. The van der Waals surface area contributed by atoms with E-state index in [1.54, 1.807) is 0 Å². The molecule has 0 aliphatic carbocycles. The summed E-state index contributed by atoms with van der Waals surface area (Å²) in [4.78, 5) is 4.11. The fourth-order valence-electron chi connectivity index (χ4n) is 1.74. The van der Waals surface area contributed by atoms with Crippen LogP contribution >= 0.6 is 34.5 Å². The van der Waals surface area contributed by atoms with Gasteiger partial charge in [0.1, 0.15) is 4.90 Å². The second-order valence-corrected chi connectivity index (χ2v) is 7.90. The molecule has 0 atom stereocenters. The Morgan fingerprint density at radius 2 is 1.95 bits per heavy atom. The Bertz CT molecular complexity index is 737. The molecule has 0 amide bonds. The van der Waals surface area contributed by atoms with Crippen LogP contribution in [0, 0.1) is 6.92 Å². The molecule has 9 heteroatoms. The smallest absolute Gasteiger partial charge is 0.243 e. The van der Waals surface area contributed by atoms with E-state index in [1.165, 1.54) is 23.5 Å². The van der Waals surface area contributed by atoms with Crippen LogP contribution in [-0.2, 0) is 16.4 Å². The summed E-state index contributed by atoms with van der Waals surface area (Å²) in [6, 6.07) is 2.71. The molecule has 114 valence electrons. The lowest BCUT2D eigenvalue weighted by Crippen LogP contribution is -2.26. The normalized spacial score (nSPS) is 11.8. The van der Waals surface area contributed by atoms with Crippen LogP contribution in [-0.4, -0.2) is 19.9 Å². The summed E-state index contributed by atoms with van der Waals surface area (Å²) >= 11 is 13.4. The minimum Gasteiger partial charge on any atom is -0.399 e. The molecule has 0 saturated heterocycles. The predicted octanol–water partition coefficient (Wildman–Crippen LogP) is 2.86. The second kappa shape index (κ2) is 6.50. The van der Waals surface area contributed by atoms with Crippen LogP contribution in [0.2, 0.25) is 10.0 Å². The predicted molar refractivity (Wildman–Crippen MR) is 86.6 cm³/mol. The fourth-order valence-corrected chi connectivity index (χ4v) is 4.65. The Morgan fingerprint density at radius 3 is 2.48 bits per heavy atom. The van der Waals surface area contributed by atoms with Gasteiger partial charge in [0.05, 0.1) is 20.7 Å². The molecule has 0 spiro atoms. The molecule has 5 nitrogen and oxygen atoms in total. The molecular weight excluding hydrogens is 353 g/mol. The van der Waals surface area contributed by atoms with Crippen molar-refractivity contribution in [2.75, 3.05) is 12.3 Å². The van der Waals surface area contributed by atoms with Crippen LogP contribution in [0.4, 0.5) is 5.69 Å². The third-order valence-corrected chi connectivity index (χ3v) is 5.83. The van der Waals surface area contributed by atoms with Gasteiger partial charge in [0.2, 0.25) is 10.0 Å². The molecule has 1 aromatic heterocycles. The van der Waals surface area contributed by atoms with Crippen LogP contribution in [0.15, 0.2) is 22.4 Å². The summed E-state index contributed by atoms with van der Waals surface area (Å²) in [5.74, 6) is 0. The zero-order chi connectivity index (χ0) is 15.6. The van der Waals surface area contributed by atoms with E-state index in [-0.39, 0.29) is 21.5 Å². The molecule has 0 fully saturated rings. The van der Waals surface area contributed by atoms with Gasteiger partial charge in [-0.2, -0.15) is 0 Å². The van der Waals surface area contributed by atoms with Crippen LogP contribution in [0.3, 0.4) is 0 Å². The minimum atomic E-state index is -3.80. The third-order valence-electron chi connectivity index (χ3n) is 2.63. The summed E-state index contributed by atoms with van der Waals surface area (Å²) in [5, 5.41) is 2.83. The largest absolute Gasteiger partial charge is 0.399 e. The Morgan fingerprint density at radius 1 is 1.33 bits per heavy atom. The lowest BCUT2D eigenvalue weighted by Gasteiger charge is -2.10. The Hall–Kier alpha value is -0.860. The number of aromatic nitrogens is 1. The van der Waals surface area contributed by atoms with Gasteiger partial charge < -0.3 is 5.73 Å². The van der Waals surface area contributed by atoms with Crippen LogP contribution in [0.5, 0.6) is 0 Å². The standard InChI is InChI=1S/C12H13Cl2N3O2S2/c1-7-17-9(6-20-7)2-3-16-21(18,19)12-10(13)4-8(15)5-11(12)14/h4-6,16H,2-3,15H2,1H3. The van der Waals surface area contributed by atoms with E-state index in [9.17, 15) is 8.42 Å². The quantitative estimate of drug-likeness (QED) is 0.797. The van der Waals surface area contributed by atoms with Crippen molar-refractivity contribution in [1.82, 2.24) is 9.71 Å². The van der Waals surface area contributed by atoms with Crippen molar-refractivity contribution >= 4 is 50.2 Å². The fraction of sp³-hybridized carbons (Fsp3) is 0.250. The number of sulfonamides is 1. The number of rotatable bonds is 5. The number of hydrogen-bond donors (Lipinski definition) is 2. The maximum Gasteiger partial charge on any atom is 0.243 e. The number of halogens is 2. The Kier molecular flexibility index (Phi) is 5.11. The van der Waals surface area contributed by atoms with E-state index in [2.05, 4.69) is 9.71 Å². The summed E-state index contributed by atoms with van der Waals surface area (Å²) in [6.07, 6.45) is 0.494. The van der Waals surface area contributed by atoms with Gasteiger partial charge in [-0.15, -0.1) is 11.3 Å². The van der Waals surface area contributed by atoms with Gasteiger partial charge in [-0.3, -0.25) is 0 Å². The van der Waals surface area contributed by atoms with Crippen LogP contribution < -0.4 is 10.5 Å². The molecule has 0 aliphatic rings. The number of anilines is 1. The molecule has 0 saturated carbocycles. The molecule has 2 rings (SSSR count). The minimum absolute atomic E-state index is 0.00278.